The highest BCUT2D eigenvalue weighted by Gasteiger charge is 2.22. The van der Waals surface area contributed by atoms with Gasteiger partial charge in [-0.15, -0.1) is 0 Å². The van der Waals surface area contributed by atoms with Crippen molar-refractivity contribution < 1.29 is 4.42 Å². The minimum atomic E-state index is 0.891. The van der Waals surface area contributed by atoms with Crippen LogP contribution < -0.4 is 4.90 Å². The number of anilines is 3. The monoisotopic (exact) mass is 791 g/mol. The van der Waals surface area contributed by atoms with Crippen molar-refractivity contribution in [3.63, 3.8) is 0 Å². The van der Waals surface area contributed by atoms with Crippen LogP contribution in [0.4, 0.5) is 17.1 Å². The molecule has 0 aliphatic rings. The van der Waals surface area contributed by atoms with Crippen molar-refractivity contribution in [2.24, 2.45) is 0 Å². The Kier molecular flexibility index (Phi) is 9.57. The van der Waals surface area contributed by atoms with E-state index in [0.717, 1.165) is 72.4 Å². The summed E-state index contributed by atoms with van der Waals surface area (Å²) in [6.07, 6.45) is 0. The molecule has 1 aromatic heterocycles. The van der Waals surface area contributed by atoms with Crippen LogP contribution in [0.25, 0.3) is 88.7 Å². The molecule has 2 nitrogen and oxygen atoms in total. The normalized spacial score (nSPS) is 11.2. The molecule has 292 valence electrons. The lowest BCUT2D eigenvalue weighted by Crippen LogP contribution is -2.12. The topological polar surface area (TPSA) is 16.4 Å². The van der Waals surface area contributed by atoms with Gasteiger partial charge in [0.25, 0.3) is 0 Å². The van der Waals surface area contributed by atoms with Gasteiger partial charge < -0.3 is 9.32 Å². The third-order valence-corrected chi connectivity index (χ3v) is 11.9. The molecule has 0 unspecified atom stereocenters. The Balaban J connectivity index is 1.11. The summed E-state index contributed by atoms with van der Waals surface area (Å²) in [5.41, 5.74) is 18.9. The number of benzene rings is 10. The van der Waals surface area contributed by atoms with E-state index in [0.29, 0.717) is 0 Å². The fourth-order valence-electron chi connectivity index (χ4n) is 8.91. The van der Waals surface area contributed by atoms with Crippen LogP contribution in [0.5, 0.6) is 0 Å². The maximum Gasteiger partial charge on any atom is 0.136 e. The van der Waals surface area contributed by atoms with Crippen LogP contribution in [0.15, 0.2) is 253 Å². The minimum Gasteiger partial charge on any atom is -0.456 e. The lowest BCUT2D eigenvalue weighted by atomic mass is 9.88. The molecule has 0 aliphatic carbocycles. The third-order valence-electron chi connectivity index (χ3n) is 11.9. The van der Waals surface area contributed by atoms with Gasteiger partial charge in [-0.05, 0) is 116 Å². The van der Waals surface area contributed by atoms with Crippen molar-refractivity contribution in [2.75, 3.05) is 4.90 Å². The predicted octanol–water partition coefficient (Wildman–Crippen LogP) is 17.1. The molecule has 0 saturated heterocycles. The first-order chi connectivity index (χ1) is 30.7. The Morgan fingerprint density at radius 1 is 0.242 bits per heavy atom. The molecule has 0 radical (unpaired) electrons. The molecular weight excluding hydrogens is 751 g/mol. The molecule has 0 spiro atoms. The van der Waals surface area contributed by atoms with E-state index in [-0.39, 0.29) is 0 Å². The van der Waals surface area contributed by atoms with Gasteiger partial charge in [-0.3, -0.25) is 0 Å². The quantitative estimate of drug-likeness (QED) is 0.145. The van der Waals surface area contributed by atoms with Gasteiger partial charge in [-0.1, -0.05) is 194 Å². The molecular formula is C60H41NO. The smallest absolute Gasteiger partial charge is 0.136 e. The fraction of sp³-hybridized carbons (Fsp3) is 0. The number of nitrogens with zero attached hydrogens (tertiary/aromatic N) is 1. The van der Waals surface area contributed by atoms with Crippen LogP contribution in [0.3, 0.4) is 0 Å². The summed E-state index contributed by atoms with van der Waals surface area (Å²) < 4.78 is 6.31. The second kappa shape index (κ2) is 16.1. The lowest BCUT2D eigenvalue weighted by molar-refractivity contribution is 0.669. The summed E-state index contributed by atoms with van der Waals surface area (Å²) in [7, 11) is 0. The van der Waals surface area contributed by atoms with E-state index in [2.05, 4.69) is 241 Å². The summed E-state index contributed by atoms with van der Waals surface area (Å²) in [4.78, 5) is 2.43. The summed E-state index contributed by atoms with van der Waals surface area (Å²) in [6.45, 7) is 0. The SMILES string of the molecule is c1ccc(-c2cc(-c3ccccc3)cc(N(c3ccc(-c4ccc5c(c4)oc4ccccc45)cc3)c3ccccc3-c3ccccc3-c3ccccc3-c3ccccc3)c2)cc1. The Hall–Kier alpha value is -8.20. The van der Waals surface area contributed by atoms with E-state index in [1.54, 1.807) is 0 Å². The Bertz CT molecular complexity index is 3270. The molecule has 11 aromatic rings. The molecule has 10 aromatic carbocycles. The summed E-state index contributed by atoms with van der Waals surface area (Å²) >= 11 is 0. The molecule has 2 heteroatoms. The van der Waals surface area contributed by atoms with Crippen molar-refractivity contribution >= 4 is 39.0 Å². The lowest BCUT2D eigenvalue weighted by Gasteiger charge is -2.29. The van der Waals surface area contributed by atoms with E-state index in [4.69, 9.17) is 4.42 Å². The molecule has 11 rings (SSSR count). The molecule has 62 heavy (non-hydrogen) atoms. The molecule has 1 heterocycles. The number of hydrogen-bond donors (Lipinski definition) is 0. The van der Waals surface area contributed by atoms with E-state index in [9.17, 15) is 0 Å². The molecule has 0 amide bonds. The van der Waals surface area contributed by atoms with Crippen LogP contribution >= 0.6 is 0 Å². The zero-order valence-corrected chi connectivity index (χ0v) is 34.0. The van der Waals surface area contributed by atoms with Crippen molar-refractivity contribution in [3.8, 4) is 66.8 Å². The number of furan rings is 1. The van der Waals surface area contributed by atoms with Gasteiger partial charge in [-0.2, -0.15) is 0 Å². The second-order valence-electron chi connectivity index (χ2n) is 15.7. The standard InChI is InChI=1S/C60H41NO/c1-4-18-42(19-5-1)47-38-48(43-20-6-2-7-21-43)40-50(39-47)61(49-35-32-44(33-36-49)46-34-37-57-56-29-15-17-31-59(56)62-60(57)41-46)58-30-16-14-28-55(58)54-27-13-12-26-53(54)52-25-11-10-24-51(52)45-22-8-3-9-23-45/h1-41H. The number of rotatable bonds is 9. The molecule has 0 fully saturated rings. The van der Waals surface area contributed by atoms with Gasteiger partial charge in [0.1, 0.15) is 11.2 Å². The molecule has 0 atom stereocenters. The zero-order valence-electron chi connectivity index (χ0n) is 34.0. The summed E-state index contributed by atoms with van der Waals surface area (Å²) in [5.74, 6) is 0. The van der Waals surface area contributed by atoms with Crippen LogP contribution in [0.1, 0.15) is 0 Å². The average molecular weight is 792 g/mol. The number of hydrogen-bond acceptors (Lipinski definition) is 2. The third kappa shape index (κ3) is 6.94. The highest BCUT2D eigenvalue weighted by atomic mass is 16.3. The van der Waals surface area contributed by atoms with Crippen LogP contribution in [0, 0.1) is 0 Å². The molecule has 0 saturated carbocycles. The largest absolute Gasteiger partial charge is 0.456 e. The Morgan fingerprint density at radius 3 is 1.34 bits per heavy atom. The van der Waals surface area contributed by atoms with E-state index in [1.165, 1.54) is 33.4 Å². The van der Waals surface area contributed by atoms with Crippen LogP contribution in [0.2, 0.25) is 0 Å². The zero-order chi connectivity index (χ0) is 41.2. The van der Waals surface area contributed by atoms with Crippen molar-refractivity contribution in [1.82, 2.24) is 0 Å². The maximum atomic E-state index is 6.31. The summed E-state index contributed by atoms with van der Waals surface area (Å²) in [5, 5.41) is 2.26. The van der Waals surface area contributed by atoms with Gasteiger partial charge in [-0.25, -0.2) is 0 Å². The Morgan fingerprint density at radius 2 is 0.694 bits per heavy atom. The van der Waals surface area contributed by atoms with Gasteiger partial charge in [0.05, 0.1) is 5.69 Å². The van der Waals surface area contributed by atoms with Gasteiger partial charge >= 0.3 is 0 Å². The first-order valence-electron chi connectivity index (χ1n) is 21.2. The summed E-state index contributed by atoms with van der Waals surface area (Å²) in [6, 6.07) is 89.2. The predicted molar refractivity (Wildman–Crippen MR) is 261 cm³/mol. The minimum absolute atomic E-state index is 0.891. The molecule has 0 aliphatic heterocycles. The first-order valence-corrected chi connectivity index (χ1v) is 21.2. The van der Waals surface area contributed by atoms with Gasteiger partial charge in [0, 0.05) is 27.7 Å². The van der Waals surface area contributed by atoms with E-state index in [1.807, 2.05) is 12.1 Å². The molecule has 0 bridgehead atoms. The van der Waals surface area contributed by atoms with Crippen molar-refractivity contribution in [3.05, 3.63) is 249 Å². The second-order valence-corrected chi connectivity index (χ2v) is 15.7. The van der Waals surface area contributed by atoms with E-state index >= 15 is 0 Å². The maximum absolute atomic E-state index is 6.31. The highest BCUT2D eigenvalue weighted by molar-refractivity contribution is 6.06. The average Bonchev–Trinajstić information content (AvgIpc) is 3.73. The highest BCUT2D eigenvalue weighted by Crippen LogP contribution is 2.47. The van der Waals surface area contributed by atoms with Gasteiger partial charge in [0.15, 0.2) is 0 Å². The van der Waals surface area contributed by atoms with Crippen molar-refractivity contribution in [2.45, 2.75) is 0 Å². The van der Waals surface area contributed by atoms with Gasteiger partial charge in [0.2, 0.25) is 0 Å². The van der Waals surface area contributed by atoms with Crippen LogP contribution in [-0.4, -0.2) is 0 Å². The van der Waals surface area contributed by atoms with E-state index < -0.39 is 0 Å². The first kappa shape index (κ1) is 36.8. The number of fused-ring (bicyclic) bond motifs is 3. The fourth-order valence-corrected chi connectivity index (χ4v) is 8.91. The molecule has 0 N–H and O–H groups in total. The van der Waals surface area contributed by atoms with Crippen LogP contribution in [-0.2, 0) is 0 Å². The van der Waals surface area contributed by atoms with Crippen molar-refractivity contribution in [1.29, 1.82) is 0 Å². The Labute approximate surface area is 362 Å². The number of para-hydroxylation sites is 2.